The fraction of sp³-hybridized carbons (Fsp3) is 0.692. The van der Waals surface area contributed by atoms with Gasteiger partial charge in [0.05, 0.1) is 24.0 Å². The topological polar surface area (TPSA) is 83.8 Å². The standard InChI is InChI=1S/C13H14O5/c14-12(15)10-4-3-5(11(10)13(16)17)9-7-2-1-6(18-7)8(4)9/h1-2,4-11H,3H2,(H,14,15)(H,16,17). The smallest absolute Gasteiger partial charge is 0.307 e. The molecule has 2 heterocycles. The molecule has 0 spiro atoms. The number of fused-ring (bicyclic) bond motifs is 9. The van der Waals surface area contributed by atoms with E-state index in [9.17, 15) is 19.8 Å². The van der Waals surface area contributed by atoms with Gasteiger partial charge >= 0.3 is 11.9 Å². The molecule has 8 atom stereocenters. The van der Waals surface area contributed by atoms with Crippen LogP contribution in [0.1, 0.15) is 6.42 Å². The highest BCUT2D eigenvalue weighted by atomic mass is 16.5. The molecule has 96 valence electrons. The predicted octanol–water partition coefficient (Wildman–Crippen LogP) is 0.607. The van der Waals surface area contributed by atoms with Crippen LogP contribution in [0.2, 0.25) is 0 Å². The van der Waals surface area contributed by atoms with Crippen molar-refractivity contribution < 1.29 is 24.5 Å². The van der Waals surface area contributed by atoms with E-state index in [4.69, 9.17) is 4.74 Å². The van der Waals surface area contributed by atoms with Crippen molar-refractivity contribution in [2.75, 3.05) is 0 Å². The molecule has 3 fully saturated rings. The maximum absolute atomic E-state index is 11.4. The summed E-state index contributed by atoms with van der Waals surface area (Å²) in [6, 6.07) is 0. The van der Waals surface area contributed by atoms with Crippen LogP contribution >= 0.6 is 0 Å². The largest absolute Gasteiger partial charge is 0.481 e. The fourth-order valence-electron chi connectivity index (χ4n) is 5.03. The quantitative estimate of drug-likeness (QED) is 0.701. The van der Waals surface area contributed by atoms with Gasteiger partial charge in [-0.3, -0.25) is 9.59 Å². The molecular weight excluding hydrogens is 236 g/mol. The van der Waals surface area contributed by atoms with Gasteiger partial charge in [0.15, 0.2) is 0 Å². The zero-order valence-corrected chi connectivity index (χ0v) is 9.60. The molecule has 5 heteroatoms. The SMILES string of the molecule is O=C(O)C1C2CC(C1C(=O)O)C1C3C=CC(O3)C21. The second-order valence-electron chi connectivity index (χ2n) is 5.90. The summed E-state index contributed by atoms with van der Waals surface area (Å²) in [6.45, 7) is 0. The van der Waals surface area contributed by atoms with E-state index >= 15 is 0 Å². The predicted molar refractivity (Wildman–Crippen MR) is 58.6 cm³/mol. The van der Waals surface area contributed by atoms with Crippen molar-refractivity contribution in [3.63, 3.8) is 0 Å². The van der Waals surface area contributed by atoms with Crippen molar-refractivity contribution in [3.05, 3.63) is 12.2 Å². The molecule has 0 amide bonds. The van der Waals surface area contributed by atoms with Crippen molar-refractivity contribution in [2.24, 2.45) is 35.5 Å². The summed E-state index contributed by atoms with van der Waals surface area (Å²) < 4.78 is 5.78. The fourth-order valence-corrected chi connectivity index (χ4v) is 5.03. The van der Waals surface area contributed by atoms with E-state index in [2.05, 4.69) is 0 Å². The minimum atomic E-state index is -0.958. The van der Waals surface area contributed by atoms with Gasteiger partial charge in [-0.2, -0.15) is 0 Å². The summed E-state index contributed by atoms with van der Waals surface area (Å²) in [7, 11) is 0. The van der Waals surface area contributed by atoms with E-state index in [0.717, 1.165) is 6.42 Å². The zero-order valence-electron chi connectivity index (χ0n) is 9.60. The third-order valence-corrected chi connectivity index (χ3v) is 5.42. The first-order valence-corrected chi connectivity index (χ1v) is 6.39. The first kappa shape index (κ1) is 10.6. The van der Waals surface area contributed by atoms with Crippen LogP contribution in [0.4, 0.5) is 0 Å². The number of aliphatic carboxylic acids is 2. The van der Waals surface area contributed by atoms with E-state index in [-0.39, 0.29) is 35.9 Å². The van der Waals surface area contributed by atoms with Gasteiger partial charge in [0.2, 0.25) is 0 Å². The lowest BCUT2D eigenvalue weighted by atomic mass is 9.65. The molecule has 8 unspecified atom stereocenters. The van der Waals surface area contributed by atoms with Crippen molar-refractivity contribution in [3.8, 4) is 0 Å². The first-order chi connectivity index (χ1) is 8.59. The summed E-state index contributed by atoms with van der Waals surface area (Å²) in [5.41, 5.74) is 0. The Balaban J connectivity index is 1.76. The molecule has 4 bridgehead atoms. The highest BCUT2D eigenvalue weighted by molar-refractivity contribution is 5.82. The Morgan fingerprint density at radius 2 is 1.39 bits per heavy atom. The van der Waals surface area contributed by atoms with Crippen molar-refractivity contribution in [1.29, 1.82) is 0 Å². The maximum Gasteiger partial charge on any atom is 0.307 e. The summed E-state index contributed by atoms with van der Waals surface area (Å²) in [5, 5.41) is 18.6. The Kier molecular flexibility index (Phi) is 1.84. The van der Waals surface area contributed by atoms with Gasteiger partial charge in [-0.15, -0.1) is 0 Å². The van der Waals surface area contributed by atoms with Gasteiger partial charge in [-0.05, 0) is 30.1 Å². The molecule has 4 aliphatic rings. The number of carbonyl (C=O) groups is 2. The van der Waals surface area contributed by atoms with Gasteiger partial charge in [0.25, 0.3) is 0 Å². The van der Waals surface area contributed by atoms with E-state index < -0.39 is 23.8 Å². The maximum atomic E-state index is 11.4. The lowest BCUT2D eigenvalue weighted by Gasteiger charge is -2.36. The van der Waals surface area contributed by atoms with Crippen LogP contribution in [0.15, 0.2) is 12.2 Å². The van der Waals surface area contributed by atoms with E-state index in [1.54, 1.807) is 0 Å². The Labute approximate surface area is 103 Å². The molecule has 1 saturated heterocycles. The van der Waals surface area contributed by atoms with Crippen molar-refractivity contribution in [1.82, 2.24) is 0 Å². The Morgan fingerprint density at radius 3 is 1.78 bits per heavy atom. The van der Waals surface area contributed by atoms with Gasteiger partial charge in [-0.1, -0.05) is 12.2 Å². The average Bonchev–Trinajstić information content (AvgIpc) is 3.04. The van der Waals surface area contributed by atoms with Crippen LogP contribution in [0, 0.1) is 35.5 Å². The van der Waals surface area contributed by atoms with Gasteiger partial charge < -0.3 is 14.9 Å². The van der Waals surface area contributed by atoms with Gasteiger partial charge in [0, 0.05) is 0 Å². The molecule has 0 radical (unpaired) electrons. The molecule has 0 aromatic heterocycles. The lowest BCUT2D eigenvalue weighted by Crippen LogP contribution is -2.45. The van der Waals surface area contributed by atoms with Crippen LogP contribution in [0.25, 0.3) is 0 Å². The summed E-state index contributed by atoms with van der Waals surface area (Å²) in [6.07, 6.45) is 4.81. The average molecular weight is 250 g/mol. The first-order valence-electron chi connectivity index (χ1n) is 6.39. The second-order valence-corrected chi connectivity index (χ2v) is 5.90. The molecule has 0 aromatic rings. The minimum Gasteiger partial charge on any atom is -0.481 e. The normalized spacial score (nSPS) is 54.9. The summed E-state index contributed by atoms with van der Waals surface area (Å²) in [4.78, 5) is 22.8. The Bertz CT molecular complexity index is 430. The monoisotopic (exact) mass is 250 g/mol. The molecule has 0 aromatic carbocycles. The van der Waals surface area contributed by atoms with Crippen LogP contribution in [-0.2, 0) is 14.3 Å². The third kappa shape index (κ3) is 1.02. The molecule has 5 nitrogen and oxygen atoms in total. The molecule has 18 heavy (non-hydrogen) atoms. The van der Waals surface area contributed by atoms with E-state index in [1.165, 1.54) is 0 Å². The highest BCUT2D eigenvalue weighted by Crippen LogP contribution is 2.65. The number of hydrogen-bond acceptors (Lipinski definition) is 3. The Morgan fingerprint density at radius 1 is 0.944 bits per heavy atom. The van der Waals surface area contributed by atoms with Crippen LogP contribution in [-0.4, -0.2) is 34.4 Å². The van der Waals surface area contributed by atoms with Gasteiger partial charge in [0.1, 0.15) is 0 Å². The number of hydrogen-bond donors (Lipinski definition) is 2. The lowest BCUT2D eigenvalue weighted by molar-refractivity contribution is -0.158. The van der Waals surface area contributed by atoms with Crippen LogP contribution < -0.4 is 0 Å². The number of carboxylic acid groups (broad SMARTS) is 2. The van der Waals surface area contributed by atoms with Gasteiger partial charge in [-0.25, -0.2) is 0 Å². The van der Waals surface area contributed by atoms with Crippen LogP contribution in [0.5, 0.6) is 0 Å². The minimum absolute atomic E-state index is 0.0200. The number of carboxylic acids is 2. The van der Waals surface area contributed by atoms with Crippen LogP contribution in [0.3, 0.4) is 0 Å². The van der Waals surface area contributed by atoms with E-state index in [1.807, 2.05) is 12.2 Å². The molecule has 2 N–H and O–H groups in total. The summed E-state index contributed by atoms with van der Waals surface area (Å²) in [5.74, 6) is -2.99. The summed E-state index contributed by atoms with van der Waals surface area (Å²) >= 11 is 0. The third-order valence-electron chi connectivity index (χ3n) is 5.42. The molecule has 2 aliphatic heterocycles. The molecule has 4 rings (SSSR count). The van der Waals surface area contributed by atoms with E-state index in [0.29, 0.717) is 0 Å². The number of ether oxygens (including phenoxy) is 1. The second kappa shape index (κ2) is 3.15. The van der Waals surface area contributed by atoms with Crippen molar-refractivity contribution in [2.45, 2.75) is 18.6 Å². The van der Waals surface area contributed by atoms with Crippen molar-refractivity contribution >= 4 is 11.9 Å². The number of rotatable bonds is 2. The molecule has 2 aliphatic carbocycles. The highest BCUT2D eigenvalue weighted by Gasteiger charge is 2.68. The zero-order chi connectivity index (χ0) is 12.6. The Hall–Kier alpha value is -1.36. The molecular formula is C13H14O5. The molecule has 2 saturated carbocycles.